The minimum atomic E-state index is -3.75. The van der Waals surface area contributed by atoms with E-state index in [9.17, 15) is 13.2 Å². The summed E-state index contributed by atoms with van der Waals surface area (Å²) in [5.41, 5.74) is 1.12. The number of nitrogens with one attached hydrogen (secondary N) is 1. The molecule has 33 heavy (non-hydrogen) atoms. The van der Waals surface area contributed by atoms with E-state index in [1.165, 1.54) is 41.9 Å². The Morgan fingerprint density at radius 1 is 0.909 bits per heavy atom. The van der Waals surface area contributed by atoms with E-state index >= 15 is 0 Å². The molecule has 0 bridgehead atoms. The Morgan fingerprint density at radius 2 is 1.64 bits per heavy atom. The van der Waals surface area contributed by atoms with E-state index < -0.39 is 10.0 Å². The predicted octanol–water partition coefficient (Wildman–Crippen LogP) is 5.00. The Morgan fingerprint density at radius 3 is 2.33 bits per heavy atom. The number of carbonyl (C=O) groups is 1. The van der Waals surface area contributed by atoms with Crippen LogP contribution in [-0.2, 0) is 10.0 Å². The maximum atomic E-state index is 13.1. The van der Waals surface area contributed by atoms with E-state index in [1.807, 2.05) is 6.07 Å². The number of sulfonamides is 1. The van der Waals surface area contributed by atoms with Crippen molar-refractivity contribution in [2.24, 2.45) is 0 Å². The molecule has 0 spiro atoms. The molecular formula is C24H22N2O5S2. The maximum Gasteiger partial charge on any atom is 0.265 e. The lowest BCUT2D eigenvalue weighted by atomic mass is 10.2. The minimum Gasteiger partial charge on any atom is -0.497 e. The van der Waals surface area contributed by atoms with Gasteiger partial charge >= 0.3 is 0 Å². The standard InChI is InChI=1S/C24H22N2O5S2/c1-26(33(28,29)21-10-8-19(30-2)9-11-21)18-7-12-22-16(13-18)14-23(32-22)24(27)25-17-5-4-6-20(15-17)31-3/h4-15H,1-3H3,(H,25,27). The largest absolute Gasteiger partial charge is 0.497 e. The van der Waals surface area contributed by atoms with Crippen LogP contribution in [0.3, 0.4) is 0 Å². The number of hydrogen-bond acceptors (Lipinski definition) is 6. The summed E-state index contributed by atoms with van der Waals surface area (Å²) < 4.78 is 38.5. The average Bonchev–Trinajstić information content (AvgIpc) is 3.27. The summed E-state index contributed by atoms with van der Waals surface area (Å²) >= 11 is 1.34. The first kappa shape index (κ1) is 22.6. The molecule has 0 saturated carbocycles. The number of rotatable bonds is 7. The fourth-order valence-corrected chi connectivity index (χ4v) is 5.40. The number of amides is 1. The van der Waals surface area contributed by atoms with E-state index in [2.05, 4.69) is 5.32 Å². The fourth-order valence-electron chi connectivity index (χ4n) is 3.28. The quantitative estimate of drug-likeness (QED) is 0.401. The van der Waals surface area contributed by atoms with Crippen molar-refractivity contribution in [1.29, 1.82) is 0 Å². The van der Waals surface area contributed by atoms with Gasteiger partial charge in [-0.2, -0.15) is 0 Å². The van der Waals surface area contributed by atoms with Crippen LogP contribution in [0.25, 0.3) is 10.1 Å². The van der Waals surface area contributed by atoms with Gasteiger partial charge in [0, 0.05) is 23.5 Å². The van der Waals surface area contributed by atoms with Gasteiger partial charge in [-0.05, 0) is 66.0 Å². The number of benzene rings is 3. The first-order chi connectivity index (χ1) is 15.8. The molecule has 1 N–H and O–H groups in total. The van der Waals surface area contributed by atoms with Crippen LogP contribution in [-0.4, -0.2) is 35.6 Å². The van der Waals surface area contributed by atoms with Crippen LogP contribution in [0.5, 0.6) is 11.5 Å². The van der Waals surface area contributed by atoms with Gasteiger partial charge in [-0.15, -0.1) is 11.3 Å². The highest BCUT2D eigenvalue weighted by Gasteiger charge is 2.22. The highest BCUT2D eigenvalue weighted by molar-refractivity contribution is 7.92. The fraction of sp³-hybridized carbons (Fsp3) is 0.125. The molecule has 0 unspecified atom stereocenters. The molecular weight excluding hydrogens is 460 g/mol. The molecule has 170 valence electrons. The monoisotopic (exact) mass is 482 g/mol. The number of anilines is 2. The van der Waals surface area contributed by atoms with E-state index in [0.717, 1.165) is 10.1 Å². The minimum absolute atomic E-state index is 0.162. The second kappa shape index (κ2) is 9.13. The zero-order valence-electron chi connectivity index (χ0n) is 18.2. The number of methoxy groups -OCH3 is 2. The van der Waals surface area contributed by atoms with Crippen molar-refractivity contribution in [1.82, 2.24) is 0 Å². The second-order valence-electron chi connectivity index (χ2n) is 7.17. The van der Waals surface area contributed by atoms with Crippen LogP contribution in [0.15, 0.2) is 77.7 Å². The Labute approximate surface area is 196 Å². The summed E-state index contributed by atoms with van der Waals surface area (Å²) in [5, 5.41) is 3.64. The molecule has 0 saturated heterocycles. The SMILES string of the molecule is COc1ccc(S(=O)(=O)N(C)c2ccc3sc(C(=O)Nc4cccc(OC)c4)cc3c2)cc1. The first-order valence-corrected chi connectivity index (χ1v) is 12.2. The predicted molar refractivity (Wildman–Crippen MR) is 131 cm³/mol. The van der Waals surface area contributed by atoms with Gasteiger partial charge < -0.3 is 14.8 Å². The van der Waals surface area contributed by atoms with Crippen molar-refractivity contribution in [3.8, 4) is 11.5 Å². The summed E-state index contributed by atoms with van der Waals surface area (Å²) in [5.74, 6) is 0.983. The van der Waals surface area contributed by atoms with Gasteiger partial charge in [0.1, 0.15) is 11.5 Å². The smallest absolute Gasteiger partial charge is 0.265 e. The highest BCUT2D eigenvalue weighted by Crippen LogP contribution is 2.32. The molecule has 0 aliphatic carbocycles. The molecule has 7 nitrogen and oxygen atoms in total. The Kier molecular flexibility index (Phi) is 6.26. The lowest BCUT2D eigenvalue weighted by Crippen LogP contribution is -2.26. The number of thiophene rings is 1. The summed E-state index contributed by atoms with van der Waals surface area (Å²) in [6, 6.07) is 20.4. The first-order valence-electron chi connectivity index (χ1n) is 9.94. The Balaban J connectivity index is 1.58. The van der Waals surface area contributed by atoms with E-state index in [4.69, 9.17) is 9.47 Å². The number of ether oxygens (including phenoxy) is 2. The molecule has 0 atom stereocenters. The zero-order valence-corrected chi connectivity index (χ0v) is 19.9. The molecule has 4 aromatic rings. The summed E-state index contributed by atoms with van der Waals surface area (Å²) in [6.07, 6.45) is 0. The summed E-state index contributed by atoms with van der Waals surface area (Å²) in [6.45, 7) is 0. The molecule has 3 aromatic carbocycles. The lowest BCUT2D eigenvalue weighted by molar-refractivity contribution is 0.103. The summed E-state index contributed by atoms with van der Waals surface area (Å²) in [7, 11) is 0.842. The molecule has 9 heteroatoms. The third-order valence-electron chi connectivity index (χ3n) is 5.13. The van der Waals surface area contributed by atoms with Crippen molar-refractivity contribution >= 4 is 48.7 Å². The van der Waals surface area contributed by atoms with Crippen molar-refractivity contribution in [2.45, 2.75) is 4.90 Å². The van der Waals surface area contributed by atoms with Gasteiger partial charge in [0.05, 0.1) is 29.7 Å². The summed E-state index contributed by atoms with van der Waals surface area (Å²) in [4.78, 5) is 13.4. The molecule has 0 radical (unpaired) electrons. The highest BCUT2D eigenvalue weighted by atomic mass is 32.2. The molecule has 0 fully saturated rings. The van der Waals surface area contributed by atoms with Gasteiger partial charge in [0.25, 0.3) is 15.9 Å². The van der Waals surface area contributed by atoms with Crippen molar-refractivity contribution < 1.29 is 22.7 Å². The molecule has 1 aromatic heterocycles. The van der Waals surface area contributed by atoms with Gasteiger partial charge in [0.15, 0.2) is 0 Å². The van der Waals surface area contributed by atoms with Crippen LogP contribution >= 0.6 is 11.3 Å². The third kappa shape index (κ3) is 4.64. The second-order valence-corrected chi connectivity index (χ2v) is 10.2. The Hall–Kier alpha value is -3.56. The van der Waals surface area contributed by atoms with Crippen LogP contribution in [0, 0.1) is 0 Å². The molecule has 1 heterocycles. The lowest BCUT2D eigenvalue weighted by Gasteiger charge is -2.19. The number of nitrogens with zero attached hydrogens (tertiary/aromatic N) is 1. The van der Waals surface area contributed by atoms with Crippen molar-refractivity contribution in [2.75, 3.05) is 30.9 Å². The van der Waals surface area contributed by atoms with Crippen LogP contribution < -0.4 is 19.1 Å². The van der Waals surface area contributed by atoms with E-state index in [1.54, 1.807) is 61.7 Å². The van der Waals surface area contributed by atoms with Gasteiger partial charge in [-0.3, -0.25) is 9.10 Å². The topological polar surface area (TPSA) is 84.9 Å². The Bertz CT molecular complexity index is 1410. The average molecular weight is 483 g/mol. The van der Waals surface area contributed by atoms with Crippen LogP contribution in [0.1, 0.15) is 9.67 Å². The van der Waals surface area contributed by atoms with Gasteiger partial charge in [0.2, 0.25) is 0 Å². The maximum absolute atomic E-state index is 13.1. The molecule has 1 amide bonds. The van der Waals surface area contributed by atoms with E-state index in [0.29, 0.717) is 27.8 Å². The van der Waals surface area contributed by atoms with Gasteiger partial charge in [-0.1, -0.05) is 6.07 Å². The number of hydrogen-bond donors (Lipinski definition) is 1. The van der Waals surface area contributed by atoms with Crippen LogP contribution in [0.2, 0.25) is 0 Å². The normalized spacial score (nSPS) is 11.2. The number of fused-ring (bicyclic) bond motifs is 1. The molecule has 0 aliphatic rings. The van der Waals surface area contributed by atoms with E-state index in [-0.39, 0.29) is 10.8 Å². The molecule has 0 aliphatic heterocycles. The van der Waals surface area contributed by atoms with Gasteiger partial charge in [-0.25, -0.2) is 8.42 Å². The molecule has 4 rings (SSSR count). The third-order valence-corrected chi connectivity index (χ3v) is 8.05. The van der Waals surface area contributed by atoms with Crippen molar-refractivity contribution in [3.05, 3.63) is 77.7 Å². The van der Waals surface area contributed by atoms with Crippen LogP contribution in [0.4, 0.5) is 11.4 Å². The number of carbonyl (C=O) groups excluding carboxylic acids is 1. The zero-order chi connectivity index (χ0) is 23.6. The van der Waals surface area contributed by atoms with Crippen molar-refractivity contribution in [3.63, 3.8) is 0 Å².